The van der Waals surface area contributed by atoms with Crippen molar-refractivity contribution in [2.24, 2.45) is 5.41 Å². The van der Waals surface area contributed by atoms with Gasteiger partial charge in [0.2, 0.25) is 0 Å². The summed E-state index contributed by atoms with van der Waals surface area (Å²) in [4.78, 5) is 18.8. The maximum Gasteiger partial charge on any atom is 0.251 e. The van der Waals surface area contributed by atoms with Crippen molar-refractivity contribution in [1.82, 2.24) is 10.3 Å². The monoisotopic (exact) mass is 339 g/mol. The van der Waals surface area contributed by atoms with Gasteiger partial charge in [0.1, 0.15) is 11.0 Å². The number of pyridine rings is 1. The van der Waals surface area contributed by atoms with Gasteiger partial charge in [-0.15, -0.1) is 0 Å². The molecular weight excluding hydrogens is 314 g/mol. The number of hydrogen-bond acceptors (Lipinski definition) is 4. The van der Waals surface area contributed by atoms with Gasteiger partial charge in [0.05, 0.1) is 0 Å². The first-order chi connectivity index (χ1) is 10.9. The van der Waals surface area contributed by atoms with E-state index in [0.29, 0.717) is 17.3 Å². The molecule has 1 saturated heterocycles. The largest absolute Gasteiger partial charge is 0.396 e. The molecule has 0 aromatic carbocycles. The minimum absolute atomic E-state index is 0.104. The zero-order chi connectivity index (χ0) is 16.9. The topological polar surface area (TPSA) is 65.5 Å². The lowest BCUT2D eigenvalue weighted by Crippen LogP contribution is -2.27. The molecule has 0 atom stereocenters. The highest BCUT2D eigenvalue weighted by Gasteiger charge is 2.18. The molecule has 5 nitrogen and oxygen atoms in total. The standard InChI is InChI=1S/C17H26ClN3O2/c1-17(2,12-22)6-5-7-19-16(23)13-10-14(18)20-15(11-13)21-8-3-4-9-21/h10-11,22H,3-9,12H2,1-2H3,(H,19,23). The van der Waals surface area contributed by atoms with E-state index in [1.807, 2.05) is 19.9 Å². The lowest BCUT2D eigenvalue weighted by atomic mass is 9.89. The number of carbonyl (C=O) groups excluding carboxylic acids is 1. The number of halogens is 1. The Hall–Kier alpha value is -1.33. The number of aromatic nitrogens is 1. The summed E-state index contributed by atoms with van der Waals surface area (Å²) >= 11 is 6.07. The molecule has 0 unspecified atom stereocenters. The van der Waals surface area contributed by atoms with Crippen molar-refractivity contribution in [2.45, 2.75) is 39.5 Å². The number of hydrogen-bond donors (Lipinski definition) is 2. The van der Waals surface area contributed by atoms with Gasteiger partial charge in [0.25, 0.3) is 5.91 Å². The SMILES string of the molecule is CC(C)(CO)CCCNC(=O)c1cc(Cl)nc(N2CCCC2)c1. The van der Waals surface area contributed by atoms with Gasteiger partial charge >= 0.3 is 0 Å². The second-order valence-corrected chi connectivity index (χ2v) is 7.30. The van der Waals surface area contributed by atoms with E-state index < -0.39 is 0 Å². The molecule has 0 aliphatic carbocycles. The number of aliphatic hydroxyl groups excluding tert-OH is 1. The molecule has 1 amide bonds. The Morgan fingerprint density at radius 2 is 2.09 bits per heavy atom. The van der Waals surface area contributed by atoms with E-state index >= 15 is 0 Å². The van der Waals surface area contributed by atoms with Gasteiger partial charge in [-0.1, -0.05) is 25.4 Å². The molecule has 0 spiro atoms. The molecule has 0 bridgehead atoms. The first kappa shape index (κ1) is 18.0. The summed E-state index contributed by atoms with van der Waals surface area (Å²) in [6.07, 6.45) is 3.99. The van der Waals surface area contributed by atoms with Gasteiger partial charge in [0.15, 0.2) is 0 Å². The van der Waals surface area contributed by atoms with Crippen LogP contribution in [0.2, 0.25) is 5.15 Å². The number of aliphatic hydroxyl groups is 1. The average molecular weight is 340 g/mol. The smallest absolute Gasteiger partial charge is 0.251 e. The normalized spacial score (nSPS) is 15.0. The lowest BCUT2D eigenvalue weighted by molar-refractivity contribution is 0.0948. The number of amides is 1. The van der Waals surface area contributed by atoms with Crippen molar-refractivity contribution < 1.29 is 9.90 Å². The minimum Gasteiger partial charge on any atom is -0.396 e. The quantitative estimate of drug-likeness (QED) is 0.592. The van der Waals surface area contributed by atoms with Crippen LogP contribution in [0, 0.1) is 5.41 Å². The molecule has 128 valence electrons. The molecule has 2 heterocycles. The van der Waals surface area contributed by atoms with Crippen LogP contribution in [0.3, 0.4) is 0 Å². The predicted molar refractivity (Wildman–Crippen MR) is 93.1 cm³/mol. The fourth-order valence-electron chi connectivity index (χ4n) is 2.67. The van der Waals surface area contributed by atoms with Crippen molar-refractivity contribution in [3.63, 3.8) is 0 Å². The van der Waals surface area contributed by atoms with Crippen LogP contribution in [-0.4, -0.2) is 42.2 Å². The molecule has 1 fully saturated rings. The van der Waals surface area contributed by atoms with Crippen LogP contribution in [0.15, 0.2) is 12.1 Å². The summed E-state index contributed by atoms with van der Waals surface area (Å²) in [6.45, 7) is 6.69. The third-order valence-corrected chi connectivity index (χ3v) is 4.41. The molecular formula is C17H26ClN3O2. The second-order valence-electron chi connectivity index (χ2n) is 6.91. The van der Waals surface area contributed by atoms with E-state index in [2.05, 4.69) is 15.2 Å². The van der Waals surface area contributed by atoms with Crippen molar-refractivity contribution in [1.29, 1.82) is 0 Å². The molecule has 2 rings (SSSR count). The third kappa shape index (κ3) is 5.36. The van der Waals surface area contributed by atoms with Crippen molar-refractivity contribution in [3.05, 3.63) is 22.8 Å². The summed E-state index contributed by atoms with van der Waals surface area (Å²) < 4.78 is 0. The molecule has 0 saturated carbocycles. The molecule has 1 aliphatic rings. The summed E-state index contributed by atoms with van der Waals surface area (Å²) in [5.41, 5.74) is 0.446. The third-order valence-electron chi connectivity index (χ3n) is 4.22. The molecule has 1 aromatic rings. The van der Waals surface area contributed by atoms with Crippen LogP contribution >= 0.6 is 11.6 Å². The first-order valence-corrected chi connectivity index (χ1v) is 8.61. The maximum absolute atomic E-state index is 12.3. The molecule has 23 heavy (non-hydrogen) atoms. The lowest BCUT2D eigenvalue weighted by Gasteiger charge is -2.21. The highest BCUT2D eigenvalue weighted by Crippen LogP contribution is 2.22. The number of nitrogens with zero attached hydrogens (tertiary/aromatic N) is 2. The van der Waals surface area contributed by atoms with Crippen LogP contribution in [0.4, 0.5) is 5.82 Å². The van der Waals surface area contributed by atoms with E-state index in [1.165, 1.54) is 0 Å². The molecule has 2 N–H and O–H groups in total. The Morgan fingerprint density at radius 1 is 1.39 bits per heavy atom. The highest BCUT2D eigenvalue weighted by atomic mass is 35.5. The predicted octanol–water partition coefficient (Wildman–Crippen LogP) is 2.86. The van der Waals surface area contributed by atoms with E-state index in [0.717, 1.165) is 44.6 Å². The Morgan fingerprint density at radius 3 is 2.74 bits per heavy atom. The van der Waals surface area contributed by atoms with Crippen LogP contribution in [0.5, 0.6) is 0 Å². The second kappa shape index (κ2) is 7.97. The molecule has 1 aliphatic heterocycles. The van der Waals surface area contributed by atoms with Gasteiger partial charge in [0, 0.05) is 31.8 Å². The van der Waals surface area contributed by atoms with Gasteiger partial charge < -0.3 is 15.3 Å². The molecule has 6 heteroatoms. The van der Waals surface area contributed by atoms with Gasteiger partial charge in [-0.3, -0.25) is 4.79 Å². The Bertz CT molecular complexity index is 543. The zero-order valence-corrected chi connectivity index (χ0v) is 14.7. The fraction of sp³-hybridized carbons (Fsp3) is 0.647. The van der Waals surface area contributed by atoms with Gasteiger partial charge in [-0.25, -0.2) is 4.98 Å². The van der Waals surface area contributed by atoms with E-state index in [-0.39, 0.29) is 17.9 Å². The zero-order valence-electron chi connectivity index (χ0n) is 13.9. The van der Waals surface area contributed by atoms with E-state index in [1.54, 1.807) is 6.07 Å². The summed E-state index contributed by atoms with van der Waals surface area (Å²) in [6, 6.07) is 3.41. The number of carbonyl (C=O) groups is 1. The van der Waals surface area contributed by atoms with Crippen molar-refractivity contribution in [2.75, 3.05) is 31.1 Å². The fourth-order valence-corrected chi connectivity index (χ4v) is 2.88. The van der Waals surface area contributed by atoms with Crippen LogP contribution in [0.1, 0.15) is 49.9 Å². The molecule has 1 aromatic heterocycles. The number of nitrogens with one attached hydrogen (secondary N) is 1. The number of anilines is 1. The number of rotatable bonds is 7. The summed E-state index contributed by atoms with van der Waals surface area (Å²) in [7, 11) is 0. The Kier molecular flexibility index (Phi) is 6.25. The van der Waals surface area contributed by atoms with Crippen LogP contribution in [0.25, 0.3) is 0 Å². The average Bonchev–Trinajstić information content (AvgIpc) is 3.05. The highest BCUT2D eigenvalue weighted by molar-refractivity contribution is 6.29. The van der Waals surface area contributed by atoms with Crippen molar-refractivity contribution in [3.8, 4) is 0 Å². The van der Waals surface area contributed by atoms with Gasteiger partial charge in [-0.05, 0) is 43.2 Å². The Balaban J connectivity index is 1.91. The Labute approximate surface area is 143 Å². The molecule has 0 radical (unpaired) electrons. The van der Waals surface area contributed by atoms with E-state index in [9.17, 15) is 9.90 Å². The summed E-state index contributed by atoms with van der Waals surface area (Å²) in [5.74, 6) is 0.651. The maximum atomic E-state index is 12.3. The van der Waals surface area contributed by atoms with Crippen molar-refractivity contribution >= 4 is 23.3 Å². The summed E-state index contributed by atoms with van der Waals surface area (Å²) in [5, 5.41) is 12.5. The van der Waals surface area contributed by atoms with Crippen LogP contribution in [-0.2, 0) is 0 Å². The van der Waals surface area contributed by atoms with Gasteiger partial charge in [-0.2, -0.15) is 0 Å². The van der Waals surface area contributed by atoms with E-state index in [4.69, 9.17) is 11.6 Å². The van der Waals surface area contributed by atoms with Crippen LogP contribution < -0.4 is 10.2 Å². The minimum atomic E-state index is -0.128. The first-order valence-electron chi connectivity index (χ1n) is 8.23.